The van der Waals surface area contributed by atoms with Gasteiger partial charge in [-0.3, -0.25) is 4.68 Å². The highest BCUT2D eigenvalue weighted by Crippen LogP contribution is 2.33. The fourth-order valence-corrected chi connectivity index (χ4v) is 6.17. The Labute approximate surface area is 177 Å². The van der Waals surface area contributed by atoms with Gasteiger partial charge in [-0.2, -0.15) is 9.40 Å². The molecule has 0 atom stereocenters. The molecule has 0 saturated carbocycles. The molecule has 0 N–H and O–H groups in total. The number of hydrogen-bond acceptors (Lipinski definition) is 7. The smallest absolute Gasteiger partial charge is 0.268 e. The zero-order valence-corrected chi connectivity index (χ0v) is 18.1. The maximum Gasteiger partial charge on any atom is 0.268 e. The Hall–Kier alpha value is -2.82. The lowest BCUT2D eigenvalue weighted by Gasteiger charge is -2.26. The summed E-state index contributed by atoms with van der Waals surface area (Å²) >= 11 is 1.22. The summed E-state index contributed by atoms with van der Waals surface area (Å²) in [5, 5.41) is 14.7. The highest BCUT2D eigenvalue weighted by atomic mass is 32.2. The molecule has 10 heteroatoms. The number of benzene rings is 1. The fourth-order valence-electron chi connectivity index (χ4n) is 3.61. The standard InChI is InChI=1S/C20H19N5O3S2/c1-13-5-7-14(8-6-13)19-21-22-20(28-19)18-15-12-25(10-9-16(15)24(2)23-18)30(26,27)17-4-3-11-29-17/h3-8,11H,9-10,12H2,1-2H3. The summed E-state index contributed by atoms with van der Waals surface area (Å²) in [7, 11) is -1.69. The molecule has 0 spiro atoms. The van der Waals surface area contributed by atoms with Gasteiger partial charge < -0.3 is 4.42 Å². The van der Waals surface area contributed by atoms with E-state index in [0.717, 1.165) is 22.4 Å². The van der Waals surface area contributed by atoms with Crippen LogP contribution in [0.4, 0.5) is 0 Å². The summed E-state index contributed by atoms with van der Waals surface area (Å²) in [6, 6.07) is 11.2. The first kappa shape index (κ1) is 19.2. The van der Waals surface area contributed by atoms with E-state index < -0.39 is 10.0 Å². The molecule has 8 nitrogen and oxygen atoms in total. The Morgan fingerprint density at radius 1 is 1.10 bits per heavy atom. The molecule has 4 aromatic rings. The normalized spacial score (nSPS) is 14.7. The van der Waals surface area contributed by atoms with Crippen molar-refractivity contribution in [3.05, 3.63) is 58.6 Å². The van der Waals surface area contributed by atoms with Crippen LogP contribution in [-0.2, 0) is 30.0 Å². The molecular weight excluding hydrogens is 422 g/mol. The van der Waals surface area contributed by atoms with E-state index in [2.05, 4.69) is 15.3 Å². The van der Waals surface area contributed by atoms with Crippen LogP contribution in [0.15, 0.2) is 50.4 Å². The molecule has 154 valence electrons. The highest BCUT2D eigenvalue weighted by Gasteiger charge is 2.34. The zero-order chi connectivity index (χ0) is 20.9. The molecule has 1 aliphatic heterocycles. The first-order valence-corrected chi connectivity index (χ1v) is 11.7. The number of fused-ring (bicyclic) bond motifs is 1. The monoisotopic (exact) mass is 441 g/mol. The Balaban J connectivity index is 1.50. The lowest BCUT2D eigenvalue weighted by molar-refractivity contribution is 0.387. The summed E-state index contributed by atoms with van der Waals surface area (Å²) in [6.45, 7) is 2.64. The van der Waals surface area contributed by atoms with Gasteiger partial charge in [0.15, 0.2) is 5.69 Å². The summed E-state index contributed by atoms with van der Waals surface area (Å²) in [5.74, 6) is 0.695. The van der Waals surface area contributed by atoms with Crippen LogP contribution in [0, 0.1) is 6.92 Å². The molecule has 0 saturated heterocycles. The average Bonchev–Trinajstić information content (AvgIpc) is 3.49. The summed E-state index contributed by atoms with van der Waals surface area (Å²) in [4.78, 5) is 0. The molecule has 4 heterocycles. The predicted octanol–water partition coefficient (Wildman–Crippen LogP) is 3.25. The number of thiophene rings is 1. The van der Waals surface area contributed by atoms with Gasteiger partial charge in [0.25, 0.3) is 15.9 Å². The van der Waals surface area contributed by atoms with Crippen LogP contribution in [-0.4, -0.2) is 39.2 Å². The third-order valence-corrected chi connectivity index (χ3v) is 8.44. The third kappa shape index (κ3) is 3.17. The fraction of sp³-hybridized carbons (Fsp3) is 0.250. The second-order valence-electron chi connectivity index (χ2n) is 7.20. The van der Waals surface area contributed by atoms with Crippen molar-refractivity contribution in [1.29, 1.82) is 0 Å². The maximum absolute atomic E-state index is 13.0. The lowest BCUT2D eigenvalue weighted by atomic mass is 10.1. The molecule has 0 bridgehead atoms. The van der Waals surface area contributed by atoms with Crippen molar-refractivity contribution in [3.8, 4) is 23.0 Å². The molecule has 0 aliphatic carbocycles. The van der Waals surface area contributed by atoms with Crippen LogP contribution in [0.5, 0.6) is 0 Å². The van der Waals surface area contributed by atoms with Crippen LogP contribution in [0.3, 0.4) is 0 Å². The lowest BCUT2D eigenvalue weighted by Crippen LogP contribution is -2.36. The van der Waals surface area contributed by atoms with Gasteiger partial charge in [-0.05, 0) is 30.5 Å². The number of nitrogens with zero attached hydrogens (tertiary/aromatic N) is 5. The number of hydrogen-bond donors (Lipinski definition) is 0. The molecule has 5 rings (SSSR count). The molecule has 30 heavy (non-hydrogen) atoms. The van der Waals surface area contributed by atoms with Crippen LogP contribution in [0.2, 0.25) is 0 Å². The first-order chi connectivity index (χ1) is 14.4. The van der Waals surface area contributed by atoms with E-state index in [1.165, 1.54) is 15.6 Å². The number of sulfonamides is 1. The van der Waals surface area contributed by atoms with E-state index in [-0.39, 0.29) is 12.4 Å². The van der Waals surface area contributed by atoms with Crippen LogP contribution < -0.4 is 0 Å². The van der Waals surface area contributed by atoms with Crippen molar-refractivity contribution in [2.45, 2.75) is 24.1 Å². The van der Waals surface area contributed by atoms with Crippen molar-refractivity contribution in [2.75, 3.05) is 6.54 Å². The van der Waals surface area contributed by atoms with Gasteiger partial charge >= 0.3 is 0 Å². The quantitative estimate of drug-likeness (QED) is 0.483. The molecule has 0 unspecified atom stereocenters. The Morgan fingerprint density at radius 3 is 2.60 bits per heavy atom. The van der Waals surface area contributed by atoms with E-state index in [0.29, 0.717) is 28.8 Å². The molecular formula is C20H19N5O3S2. The molecule has 1 aromatic carbocycles. The second kappa shape index (κ2) is 7.15. The van der Waals surface area contributed by atoms with E-state index in [1.54, 1.807) is 22.2 Å². The van der Waals surface area contributed by atoms with Gasteiger partial charge in [0.1, 0.15) is 4.21 Å². The van der Waals surface area contributed by atoms with Crippen LogP contribution >= 0.6 is 11.3 Å². The third-order valence-electron chi connectivity index (χ3n) is 5.22. The summed E-state index contributed by atoms with van der Waals surface area (Å²) < 4.78 is 35.5. The average molecular weight is 442 g/mol. The van der Waals surface area contributed by atoms with Crippen molar-refractivity contribution >= 4 is 21.4 Å². The van der Waals surface area contributed by atoms with Gasteiger partial charge in [-0.1, -0.05) is 23.8 Å². The van der Waals surface area contributed by atoms with Gasteiger partial charge in [0.05, 0.1) is 0 Å². The largest absolute Gasteiger partial charge is 0.415 e. The summed E-state index contributed by atoms with van der Waals surface area (Å²) in [5.41, 5.74) is 4.29. The van der Waals surface area contributed by atoms with E-state index in [9.17, 15) is 8.42 Å². The minimum atomic E-state index is -3.54. The van der Waals surface area contributed by atoms with Gasteiger partial charge in [0, 0.05) is 43.4 Å². The molecule has 0 radical (unpaired) electrons. The van der Waals surface area contributed by atoms with Crippen molar-refractivity contribution < 1.29 is 12.8 Å². The van der Waals surface area contributed by atoms with Crippen LogP contribution in [0.25, 0.3) is 23.0 Å². The van der Waals surface area contributed by atoms with Gasteiger partial charge in [0.2, 0.25) is 5.89 Å². The SMILES string of the molecule is Cc1ccc(-c2nnc(-c3nn(C)c4c3CN(S(=O)(=O)c3cccs3)CC4)o2)cc1. The number of aryl methyl sites for hydroxylation is 2. The van der Waals surface area contributed by atoms with Crippen molar-refractivity contribution in [3.63, 3.8) is 0 Å². The molecule has 3 aromatic heterocycles. The molecule has 0 amide bonds. The number of rotatable bonds is 4. The minimum Gasteiger partial charge on any atom is -0.415 e. The topological polar surface area (TPSA) is 94.1 Å². The maximum atomic E-state index is 13.0. The first-order valence-electron chi connectivity index (χ1n) is 9.43. The Bertz CT molecular complexity index is 1310. The van der Waals surface area contributed by atoms with Crippen molar-refractivity contribution in [1.82, 2.24) is 24.3 Å². The van der Waals surface area contributed by atoms with Crippen molar-refractivity contribution in [2.24, 2.45) is 7.05 Å². The zero-order valence-electron chi connectivity index (χ0n) is 16.4. The minimum absolute atomic E-state index is 0.223. The van der Waals surface area contributed by atoms with E-state index in [1.807, 2.05) is 38.2 Å². The Kier molecular flexibility index (Phi) is 4.57. The number of aromatic nitrogens is 4. The van der Waals surface area contributed by atoms with Gasteiger partial charge in [-0.15, -0.1) is 21.5 Å². The van der Waals surface area contributed by atoms with Gasteiger partial charge in [-0.25, -0.2) is 8.42 Å². The van der Waals surface area contributed by atoms with E-state index >= 15 is 0 Å². The second-order valence-corrected chi connectivity index (χ2v) is 10.3. The summed E-state index contributed by atoms with van der Waals surface area (Å²) in [6.07, 6.45) is 0.572. The van der Waals surface area contributed by atoms with E-state index in [4.69, 9.17) is 4.42 Å². The molecule has 0 fully saturated rings. The highest BCUT2D eigenvalue weighted by molar-refractivity contribution is 7.91. The predicted molar refractivity (Wildman–Crippen MR) is 112 cm³/mol. The van der Waals surface area contributed by atoms with Crippen LogP contribution in [0.1, 0.15) is 16.8 Å². The molecule has 1 aliphatic rings. The Morgan fingerprint density at radius 2 is 1.87 bits per heavy atom.